The molecule has 1 N–H and O–H groups in total. The van der Waals surface area contributed by atoms with Gasteiger partial charge in [-0.3, -0.25) is 0 Å². The van der Waals surface area contributed by atoms with E-state index >= 15 is 0 Å². The molecule has 0 spiro atoms. The van der Waals surface area contributed by atoms with Crippen LogP contribution in [0.15, 0.2) is 60.7 Å². The van der Waals surface area contributed by atoms with Crippen LogP contribution >= 0.6 is 0 Å². The second kappa shape index (κ2) is 8.12. The van der Waals surface area contributed by atoms with E-state index in [0.717, 1.165) is 22.3 Å². The lowest BCUT2D eigenvalue weighted by atomic mass is 9.63. The van der Waals surface area contributed by atoms with Crippen LogP contribution in [0.25, 0.3) is 22.3 Å². The van der Waals surface area contributed by atoms with Crippen molar-refractivity contribution in [2.75, 3.05) is 6.61 Å². The third kappa shape index (κ3) is 4.04. The van der Waals surface area contributed by atoms with Gasteiger partial charge in [0.2, 0.25) is 0 Å². The molecule has 0 amide bonds. The Labute approximate surface area is 191 Å². The van der Waals surface area contributed by atoms with Crippen LogP contribution < -0.4 is 0 Å². The van der Waals surface area contributed by atoms with E-state index in [-0.39, 0.29) is 22.5 Å². The Bertz CT molecular complexity index is 1150. The summed E-state index contributed by atoms with van der Waals surface area (Å²) in [5, 5.41) is 10.6. The summed E-state index contributed by atoms with van der Waals surface area (Å²) in [5.74, 6) is -0.117. The molecule has 0 unspecified atom stereocenters. The third-order valence-corrected chi connectivity index (χ3v) is 6.89. The van der Waals surface area contributed by atoms with Gasteiger partial charge < -0.3 is 9.84 Å². The number of phenols is 1. The van der Waals surface area contributed by atoms with E-state index in [2.05, 4.69) is 45.9 Å². The van der Waals surface area contributed by atoms with Crippen LogP contribution in [0, 0.1) is 0 Å². The van der Waals surface area contributed by atoms with Crippen molar-refractivity contribution in [2.24, 2.45) is 0 Å². The molecule has 166 valence electrons. The van der Waals surface area contributed by atoms with Gasteiger partial charge in [0.25, 0.3) is 0 Å². The topological polar surface area (TPSA) is 46.5 Å². The Morgan fingerprint density at radius 2 is 1.38 bits per heavy atom. The Morgan fingerprint density at radius 3 is 2.03 bits per heavy atom. The van der Waals surface area contributed by atoms with E-state index in [1.165, 1.54) is 24.0 Å². The van der Waals surface area contributed by atoms with Crippen LogP contribution in [-0.4, -0.2) is 17.7 Å². The Morgan fingerprint density at radius 1 is 0.812 bits per heavy atom. The summed E-state index contributed by atoms with van der Waals surface area (Å²) in [6.45, 7) is 11.5. The highest BCUT2D eigenvalue weighted by Crippen LogP contribution is 2.47. The first-order valence-electron chi connectivity index (χ1n) is 11.4. The van der Waals surface area contributed by atoms with Crippen molar-refractivity contribution in [3.8, 4) is 28.0 Å². The second-order valence-corrected chi connectivity index (χ2v) is 10.1. The molecular weight excluding hydrogens is 396 g/mol. The molecular formula is C29H32O3. The number of hydrogen-bond acceptors (Lipinski definition) is 3. The Kier molecular flexibility index (Phi) is 5.62. The van der Waals surface area contributed by atoms with Crippen LogP contribution in [0.5, 0.6) is 5.75 Å². The first kappa shape index (κ1) is 22.1. The zero-order chi connectivity index (χ0) is 23.1. The molecule has 0 aliphatic heterocycles. The van der Waals surface area contributed by atoms with Crippen molar-refractivity contribution >= 4 is 5.97 Å². The lowest BCUT2D eigenvalue weighted by Crippen LogP contribution is -2.33. The third-order valence-electron chi connectivity index (χ3n) is 6.89. The number of aromatic hydroxyl groups is 1. The Hall–Kier alpha value is -3.07. The number of ether oxygens (including phenoxy) is 1. The first-order valence-corrected chi connectivity index (χ1v) is 11.4. The van der Waals surface area contributed by atoms with Gasteiger partial charge in [0.05, 0.1) is 12.2 Å². The predicted octanol–water partition coefficient (Wildman–Crippen LogP) is 7.25. The molecule has 0 radical (unpaired) electrons. The highest BCUT2D eigenvalue weighted by Gasteiger charge is 2.37. The average molecular weight is 429 g/mol. The van der Waals surface area contributed by atoms with E-state index in [1.54, 1.807) is 25.1 Å². The molecule has 3 heteroatoms. The molecule has 1 aliphatic rings. The molecule has 0 saturated carbocycles. The standard InChI is InChI=1S/C29H32O3/c1-6-32-27(31)20-9-7-19(8-10-20)23-17-21(12-14-26(23)30)22-11-13-24-25(18-22)29(4,5)16-15-28(24,2)3/h7-14,17-18,30H,6,15-16H2,1-5H3. The largest absolute Gasteiger partial charge is 0.507 e. The minimum atomic E-state index is -0.336. The predicted molar refractivity (Wildman–Crippen MR) is 130 cm³/mol. The van der Waals surface area contributed by atoms with Crippen LogP contribution in [0.4, 0.5) is 0 Å². The number of rotatable bonds is 4. The summed E-state index contributed by atoms with van der Waals surface area (Å²) in [6.07, 6.45) is 2.36. The van der Waals surface area contributed by atoms with E-state index in [1.807, 2.05) is 24.3 Å². The lowest BCUT2D eigenvalue weighted by molar-refractivity contribution is 0.0526. The Balaban J connectivity index is 1.73. The highest BCUT2D eigenvalue weighted by atomic mass is 16.5. The summed E-state index contributed by atoms with van der Waals surface area (Å²) in [5.41, 5.74) is 7.50. The number of phenolic OH excluding ortho intramolecular Hbond substituents is 1. The fourth-order valence-corrected chi connectivity index (χ4v) is 4.72. The summed E-state index contributed by atoms with van der Waals surface area (Å²) < 4.78 is 5.06. The smallest absolute Gasteiger partial charge is 0.338 e. The number of hydrogen-bond donors (Lipinski definition) is 1. The minimum Gasteiger partial charge on any atom is -0.507 e. The fraction of sp³-hybridized carbons (Fsp3) is 0.345. The van der Waals surface area contributed by atoms with E-state index in [4.69, 9.17) is 4.74 Å². The first-order chi connectivity index (χ1) is 15.1. The van der Waals surface area contributed by atoms with Crippen LogP contribution in [0.1, 0.15) is 68.9 Å². The van der Waals surface area contributed by atoms with E-state index in [0.29, 0.717) is 12.2 Å². The average Bonchev–Trinajstić information content (AvgIpc) is 2.77. The van der Waals surface area contributed by atoms with Gasteiger partial charge in [-0.05, 0) is 82.7 Å². The number of carbonyl (C=O) groups is 1. The summed E-state index contributed by atoms with van der Waals surface area (Å²) in [7, 11) is 0. The van der Waals surface area contributed by atoms with Crippen molar-refractivity contribution in [1.29, 1.82) is 0 Å². The number of esters is 1. The van der Waals surface area contributed by atoms with E-state index < -0.39 is 0 Å². The van der Waals surface area contributed by atoms with Gasteiger partial charge in [-0.15, -0.1) is 0 Å². The molecule has 4 rings (SSSR count). The molecule has 0 aromatic heterocycles. The molecule has 0 heterocycles. The molecule has 32 heavy (non-hydrogen) atoms. The number of benzene rings is 3. The van der Waals surface area contributed by atoms with Gasteiger partial charge in [0.1, 0.15) is 5.75 Å². The zero-order valence-corrected chi connectivity index (χ0v) is 19.7. The molecule has 3 aromatic rings. The van der Waals surface area contributed by atoms with Gasteiger partial charge in [-0.25, -0.2) is 4.79 Å². The quantitative estimate of drug-likeness (QED) is 0.445. The van der Waals surface area contributed by atoms with Crippen molar-refractivity contribution in [1.82, 2.24) is 0 Å². The maximum atomic E-state index is 11.9. The zero-order valence-electron chi connectivity index (χ0n) is 19.7. The number of carbonyl (C=O) groups excluding carboxylic acids is 1. The van der Waals surface area contributed by atoms with Gasteiger partial charge in [-0.1, -0.05) is 64.1 Å². The SMILES string of the molecule is CCOC(=O)c1ccc(-c2cc(-c3ccc4c(c3)C(C)(C)CCC4(C)C)ccc2O)cc1. The minimum absolute atomic E-state index is 0.142. The highest BCUT2D eigenvalue weighted by molar-refractivity contribution is 5.90. The normalized spacial score (nSPS) is 16.3. The molecule has 0 fully saturated rings. The molecule has 3 nitrogen and oxygen atoms in total. The molecule has 3 aromatic carbocycles. The van der Waals surface area contributed by atoms with Crippen molar-refractivity contribution in [3.63, 3.8) is 0 Å². The number of fused-ring (bicyclic) bond motifs is 1. The molecule has 0 bridgehead atoms. The van der Waals surface area contributed by atoms with Crippen LogP contribution in [-0.2, 0) is 15.6 Å². The molecule has 1 aliphatic carbocycles. The summed E-state index contributed by atoms with van der Waals surface area (Å²) in [6, 6.07) is 19.7. The van der Waals surface area contributed by atoms with Crippen molar-refractivity contribution in [2.45, 2.75) is 58.3 Å². The monoisotopic (exact) mass is 428 g/mol. The van der Waals surface area contributed by atoms with Crippen molar-refractivity contribution < 1.29 is 14.6 Å². The summed E-state index contributed by atoms with van der Waals surface area (Å²) in [4.78, 5) is 11.9. The van der Waals surface area contributed by atoms with Gasteiger partial charge in [-0.2, -0.15) is 0 Å². The fourth-order valence-electron chi connectivity index (χ4n) is 4.72. The van der Waals surface area contributed by atoms with Crippen LogP contribution in [0.2, 0.25) is 0 Å². The summed E-state index contributed by atoms with van der Waals surface area (Å²) >= 11 is 0. The van der Waals surface area contributed by atoms with Gasteiger partial charge >= 0.3 is 5.97 Å². The molecule has 0 saturated heterocycles. The van der Waals surface area contributed by atoms with Gasteiger partial charge in [0.15, 0.2) is 0 Å². The van der Waals surface area contributed by atoms with Gasteiger partial charge in [0, 0.05) is 5.56 Å². The lowest BCUT2D eigenvalue weighted by Gasteiger charge is -2.42. The maximum Gasteiger partial charge on any atom is 0.338 e. The van der Waals surface area contributed by atoms with Crippen molar-refractivity contribution in [3.05, 3.63) is 77.4 Å². The maximum absolute atomic E-state index is 11.9. The van der Waals surface area contributed by atoms with Crippen LogP contribution in [0.3, 0.4) is 0 Å². The van der Waals surface area contributed by atoms with E-state index in [9.17, 15) is 9.90 Å². The molecule has 0 atom stereocenters. The second-order valence-electron chi connectivity index (χ2n) is 10.1.